The third kappa shape index (κ3) is 3.06. The molecule has 1 aromatic rings. The van der Waals surface area contributed by atoms with E-state index < -0.39 is 18.9 Å². The molecule has 0 fully saturated rings. The maximum absolute atomic E-state index is 11.7. The molecule has 5 nitrogen and oxygen atoms in total. The molecule has 0 spiro atoms. The Hall–Kier alpha value is -1.30. The van der Waals surface area contributed by atoms with Crippen LogP contribution in [0.25, 0.3) is 0 Å². The lowest BCUT2D eigenvalue weighted by molar-refractivity contribution is -0.165. The van der Waals surface area contributed by atoms with Crippen LogP contribution >= 0.6 is 23.2 Å². The first-order valence-corrected chi connectivity index (χ1v) is 6.80. The maximum Gasteiger partial charge on any atom is 0.353 e. The molecule has 0 aliphatic carbocycles. The number of hydrogen-bond donors (Lipinski definition) is 1. The Bertz CT molecular complexity index is 527. The van der Waals surface area contributed by atoms with Crippen molar-refractivity contribution >= 4 is 34.9 Å². The lowest BCUT2D eigenvalue weighted by Crippen LogP contribution is -2.33. The van der Waals surface area contributed by atoms with Gasteiger partial charge in [-0.05, 0) is 24.6 Å². The van der Waals surface area contributed by atoms with Crippen LogP contribution in [-0.2, 0) is 14.4 Å². The lowest BCUT2D eigenvalue weighted by Gasteiger charge is -2.15. The topological polar surface area (TPSA) is 68.1 Å². The molecular weight excluding hydrogens is 305 g/mol. The van der Waals surface area contributed by atoms with Crippen LogP contribution in [0.4, 0.5) is 0 Å². The highest BCUT2D eigenvalue weighted by atomic mass is 35.5. The van der Waals surface area contributed by atoms with E-state index in [1.54, 1.807) is 18.2 Å². The van der Waals surface area contributed by atoms with Gasteiger partial charge in [-0.25, -0.2) is 4.79 Å². The summed E-state index contributed by atoms with van der Waals surface area (Å²) >= 11 is 11.9. The highest BCUT2D eigenvalue weighted by Crippen LogP contribution is 2.29. The van der Waals surface area contributed by atoms with E-state index in [9.17, 15) is 4.79 Å². The summed E-state index contributed by atoms with van der Waals surface area (Å²) in [5, 5.41) is 13.5. The van der Waals surface area contributed by atoms with Crippen molar-refractivity contribution in [2.75, 3.05) is 6.79 Å². The average molecular weight is 318 g/mol. The van der Waals surface area contributed by atoms with E-state index >= 15 is 0 Å². The molecule has 1 aliphatic heterocycles. The van der Waals surface area contributed by atoms with Gasteiger partial charge in [-0.3, -0.25) is 0 Å². The summed E-state index contributed by atoms with van der Waals surface area (Å²) in [6.45, 7) is 1.22. The fraction of sp³-hybridized carbons (Fsp3) is 0.385. The summed E-state index contributed by atoms with van der Waals surface area (Å²) in [5.41, 5.74) is 1.30. The minimum Gasteiger partial charge on any atom is -0.436 e. The van der Waals surface area contributed by atoms with Crippen molar-refractivity contribution in [1.29, 1.82) is 0 Å². The number of ether oxygens (including phenoxy) is 1. The summed E-state index contributed by atoms with van der Waals surface area (Å²) < 4.78 is 4.56. The van der Waals surface area contributed by atoms with Crippen molar-refractivity contribution in [3.63, 3.8) is 0 Å². The number of hydrogen-bond acceptors (Lipinski definition) is 5. The van der Waals surface area contributed by atoms with Gasteiger partial charge in [0, 0.05) is 15.6 Å². The first-order chi connectivity index (χ1) is 9.56. The average Bonchev–Trinajstić information content (AvgIpc) is 2.81. The minimum atomic E-state index is -0.861. The predicted octanol–water partition coefficient (Wildman–Crippen LogP) is 2.62. The monoisotopic (exact) mass is 317 g/mol. The number of aliphatic hydroxyl groups excluding tert-OH is 1. The van der Waals surface area contributed by atoms with E-state index in [0.29, 0.717) is 27.7 Å². The van der Waals surface area contributed by atoms with Crippen molar-refractivity contribution in [2.45, 2.75) is 19.4 Å². The normalized spacial score (nSPS) is 21.3. The molecule has 20 heavy (non-hydrogen) atoms. The van der Waals surface area contributed by atoms with Crippen molar-refractivity contribution in [1.82, 2.24) is 0 Å². The molecule has 0 amide bonds. The summed E-state index contributed by atoms with van der Waals surface area (Å²) in [6.07, 6.45) is -0.242. The van der Waals surface area contributed by atoms with Gasteiger partial charge in [-0.1, -0.05) is 35.3 Å². The number of nitrogens with zero attached hydrogens (tertiary/aromatic N) is 1. The van der Waals surface area contributed by atoms with Gasteiger partial charge < -0.3 is 14.7 Å². The molecule has 1 heterocycles. The van der Waals surface area contributed by atoms with Crippen LogP contribution in [-0.4, -0.2) is 29.7 Å². The summed E-state index contributed by atoms with van der Waals surface area (Å²) in [7, 11) is 0. The highest BCUT2D eigenvalue weighted by molar-refractivity contribution is 6.35. The second-order valence-corrected chi connectivity index (χ2v) is 5.14. The van der Waals surface area contributed by atoms with Crippen LogP contribution in [0.1, 0.15) is 18.9 Å². The van der Waals surface area contributed by atoms with E-state index in [-0.39, 0.29) is 5.92 Å². The van der Waals surface area contributed by atoms with E-state index in [0.717, 1.165) is 0 Å². The van der Waals surface area contributed by atoms with Crippen molar-refractivity contribution in [2.24, 2.45) is 11.1 Å². The minimum absolute atomic E-state index is 0.274. The number of benzene rings is 1. The van der Waals surface area contributed by atoms with Crippen molar-refractivity contribution < 1.29 is 19.5 Å². The predicted molar refractivity (Wildman–Crippen MR) is 74.8 cm³/mol. The molecule has 1 N–H and O–H groups in total. The largest absolute Gasteiger partial charge is 0.436 e. The molecule has 0 radical (unpaired) electrons. The standard InChI is InChI=1S/C13H13Cl2NO4/c1-2-10-11(7-3-8(14)5-9(15)4-7)16-20-12(10)13(18)19-6-17/h3-5,10,12,17H,2,6H2,1H3. The second kappa shape index (κ2) is 6.43. The summed E-state index contributed by atoms with van der Waals surface area (Å²) in [4.78, 5) is 16.8. The first-order valence-electron chi connectivity index (χ1n) is 6.04. The van der Waals surface area contributed by atoms with E-state index in [2.05, 4.69) is 9.89 Å². The van der Waals surface area contributed by atoms with Gasteiger partial charge >= 0.3 is 5.97 Å². The third-order valence-electron chi connectivity index (χ3n) is 3.02. The smallest absolute Gasteiger partial charge is 0.353 e. The SMILES string of the molecule is CCC1C(c2cc(Cl)cc(Cl)c2)=NOC1C(=O)OCO. The van der Waals surface area contributed by atoms with Crippen LogP contribution < -0.4 is 0 Å². The molecule has 1 aromatic carbocycles. The zero-order valence-corrected chi connectivity index (χ0v) is 12.2. The number of aliphatic hydroxyl groups is 1. The Morgan fingerprint density at radius 2 is 2.05 bits per heavy atom. The fourth-order valence-corrected chi connectivity index (χ4v) is 2.65. The molecule has 0 bridgehead atoms. The van der Waals surface area contributed by atoms with Crippen LogP contribution in [0.3, 0.4) is 0 Å². The Labute approximate surface area is 126 Å². The van der Waals surface area contributed by atoms with Crippen LogP contribution in [0.5, 0.6) is 0 Å². The van der Waals surface area contributed by atoms with Gasteiger partial charge in [0.25, 0.3) is 0 Å². The van der Waals surface area contributed by atoms with E-state index in [1.165, 1.54) is 0 Å². The van der Waals surface area contributed by atoms with Crippen molar-refractivity contribution in [3.05, 3.63) is 33.8 Å². The number of esters is 1. The van der Waals surface area contributed by atoms with Gasteiger partial charge in [-0.2, -0.15) is 0 Å². The number of carbonyl (C=O) groups is 1. The zero-order valence-electron chi connectivity index (χ0n) is 10.7. The molecule has 2 atom stereocenters. The molecular formula is C13H13Cl2NO4. The zero-order chi connectivity index (χ0) is 14.7. The molecule has 2 rings (SSSR count). The summed E-state index contributed by atoms with van der Waals surface area (Å²) in [5.74, 6) is -0.921. The number of halogens is 2. The van der Waals surface area contributed by atoms with Gasteiger partial charge in [0.05, 0.1) is 11.6 Å². The Balaban J connectivity index is 2.27. The molecule has 0 saturated carbocycles. The number of carbonyl (C=O) groups excluding carboxylic acids is 1. The third-order valence-corrected chi connectivity index (χ3v) is 3.45. The van der Waals surface area contributed by atoms with Crippen LogP contribution in [0.2, 0.25) is 10.0 Å². The quantitative estimate of drug-likeness (QED) is 0.684. The highest BCUT2D eigenvalue weighted by Gasteiger charge is 2.40. The molecule has 0 saturated heterocycles. The van der Waals surface area contributed by atoms with E-state index in [4.69, 9.17) is 33.1 Å². The Kier molecular flexibility index (Phi) is 4.86. The molecule has 2 unspecified atom stereocenters. The maximum atomic E-state index is 11.7. The van der Waals surface area contributed by atoms with Gasteiger partial charge in [0.2, 0.25) is 6.10 Å². The first kappa shape index (κ1) is 15.1. The molecule has 0 aromatic heterocycles. The van der Waals surface area contributed by atoms with Gasteiger partial charge in [0.15, 0.2) is 6.79 Å². The van der Waals surface area contributed by atoms with Gasteiger partial charge in [0.1, 0.15) is 0 Å². The number of oxime groups is 1. The fourth-order valence-electron chi connectivity index (χ4n) is 2.13. The van der Waals surface area contributed by atoms with Crippen LogP contribution in [0, 0.1) is 5.92 Å². The number of rotatable bonds is 4. The molecule has 7 heteroatoms. The second-order valence-electron chi connectivity index (χ2n) is 4.27. The summed E-state index contributed by atoms with van der Waals surface area (Å²) in [6, 6.07) is 5.03. The Morgan fingerprint density at radius 3 is 2.60 bits per heavy atom. The molecule has 108 valence electrons. The van der Waals surface area contributed by atoms with Crippen molar-refractivity contribution in [3.8, 4) is 0 Å². The molecule has 1 aliphatic rings. The van der Waals surface area contributed by atoms with E-state index in [1.807, 2.05) is 6.92 Å². The lowest BCUT2D eigenvalue weighted by atomic mass is 9.90. The van der Waals surface area contributed by atoms with Gasteiger partial charge in [-0.15, -0.1) is 0 Å². The Morgan fingerprint density at radius 1 is 1.40 bits per heavy atom. The van der Waals surface area contributed by atoms with Crippen LogP contribution in [0.15, 0.2) is 23.4 Å².